The first kappa shape index (κ1) is 16.1. The number of carbonyl (C=O) groups excluding carboxylic acids is 1. The smallest absolute Gasteiger partial charge is 0.317 e. The Kier molecular flexibility index (Phi) is 4.67. The summed E-state index contributed by atoms with van der Waals surface area (Å²) in [6.45, 7) is 4.75. The molecule has 3 aromatic rings. The zero-order chi connectivity index (χ0) is 17.1. The first-order valence-corrected chi connectivity index (χ1v) is 9.35. The van der Waals surface area contributed by atoms with E-state index >= 15 is 0 Å². The maximum Gasteiger partial charge on any atom is 0.317 e. The lowest BCUT2D eigenvalue weighted by atomic mass is 10.1. The predicted molar refractivity (Wildman–Crippen MR) is 99.5 cm³/mol. The van der Waals surface area contributed by atoms with Gasteiger partial charge in [0.25, 0.3) is 0 Å². The zero-order valence-corrected chi connectivity index (χ0v) is 14.8. The molecule has 0 saturated carbocycles. The molecule has 2 aromatic heterocycles. The summed E-state index contributed by atoms with van der Waals surface area (Å²) in [4.78, 5) is 23.9. The number of nitrogens with one attached hydrogen (secondary N) is 2. The van der Waals surface area contributed by atoms with Crippen LogP contribution < -0.4 is 5.32 Å². The number of piperazine rings is 1. The number of carbonyl (C=O) groups is 1. The van der Waals surface area contributed by atoms with Gasteiger partial charge in [-0.05, 0) is 29.1 Å². The van der Waals surface area contributed by atoms with Crippen molar-refractivity contribution in [3.63, 3.8) is 0 Å². The van der Waals surface area contributed by atoms with Crippen LogP contribution in [-0.2, 0) is 13.1 Å². The van der Waals surface area contributed by atoms with Crippen molar-refractivity contribution in [2.75, 3.05) is 26.2 Å². The average molecular weight is 355 g/mol. The van der Waals surface area contributed by atoms with Gasteiger partial charge in [-0.3, -0.25) is 4.90 Å². The molecule has 6 nitrogen and oxygen atoms in total. The summed E-state index contributed by atoms with van der Waals surface area (Å²) >= 11 is 1.56. The minimum absolute atomic E-state index is 0.00333. The van der Waals surface area contributed by atoms with Crippen LogP contribution in [0.1, 0.15) is 10.6 Å². The fourth-order valence-electron chi connectivity index (χ4n) is 3.17. The minimum atomic E-state index is 0.00333. The third kappa shape index (κ3) is 3.83. The molecule has 0 atom stereocenters. The topological polar surface area (TPSA) is 64.3 Å². The van der Waals surface area contributed by atoms with E-state index in [1.807, 2.05) is 16.5 Å². The van der Waals surface area contributed by atoms with Crippen molar-refractivity contribution in [2.24, 2.45) is 0 Å². The quantitative estimate of drug-likeness (QED) is 0.756. The minimum Gasteiger partial charge on any atom is -0.361 e. The Hall–Kier alpha value is -2.38. The third-order valence-electron chi connectivity index (χ3n) is 4.56. The van der Waals surface area contributed by atoms with Crippen LogP contribution in [0, 0.1) is 0 Å². The molecule has 0 radical (unpaired) electrons. The Morgan fingerprint density at radius 1 is 1.24 bits per heavy atom. The number of aromatic amines is 1. The lowest BCUT2D eigenvalue weighted by molar-refractivity contribution is 0.135. The summed E-state index contributed by atoms with van der Waals surface area (Å²) in [6, 6.07) is 8.64. The number of amides is 2. The van der Waals surface area contributed by atoms with E-state index in [1.54, 1.807) is 17.5 Å². The van der Waals surface area contributed by atoms with Crippen molar-refractivity contribution in [1.82, 2.24) is 25.1 Å². The van der Waals surface area contributed by atoms with Gasteiger partial charge >= 0.3 is 6.03 Å². The molecule has 1 fully saturated rings. The van der Waals surface area contributed by atoms with Crippen molar-refractivity contribution >= 4 is 28.3 Å². The van der Waals surface area contributed by atoms with Crippen molar-refractivity contribution in [2.45, 2.75) is 13.1 Å². The molecule has 1 saturated heterocycles. The van der Waals surface area contributed by atoms with Gasteiger partial charge in [0, 0.05) is 56.0 Å². The summed E-state index contributed by atoms with van der Waals surface area (Å²) in [7, 11) is 0. The number of aromatic nitrogens is 2. The van der Waals surface area contributed by atoms with Crippen LogP contribution in [0.5, 0.6) is 0 Å². The number of thiazole rings is 1. The van der Waals surface area contributed by atoms with Crippen molar-refractivity contribution in [3.8, 4) is 0 Å². The molecule has 4 rings (SSSR count). The molecular formula is C18H21N5OS. The van der Waals surface area contributed by atoms with Gasteiger partial charge in [0.15, 0.2) is 0 Å². The average Bonchev–Trinajstić information content (AvgIpc) is 3.31. The van der Waals surface area contributed by atoms with E-state index in [9.17, 15) is 4.79 Å². The maximum atomic E-state index is 12.2. The van der Waals surface area contributed by atoms with Crippen LogP contribution in [-0.4, -0.2) is 52.0 Å². The number of fused-ring (bicyclic) bond motifs is 1. The fraction of sp³-hybridized carbons (Fsp3) is 0.333. The van der Waals surface area contributed by atoms with Crippen LogP contribution in [0.3, 0.4) is 0 Å². The third-order valence-corrected chi connectivity index (χ3v) is 5.34. The second-order valence-corrected chi connectivity index (χ2v) is 7.23. The Morgan fingerprint density at radius 2 is 2.12 bits per heavy atom. The lowest BCUT2D eigenvalue weighted by Gasteiger charge is -2.34. The van der Waals surface area contributed by atoms with E-state index in [-0.39, 0.29) is 6.03 Å². The first-order valence-electron chi connectivity index (χ1n) is 8.47. The maximum absolute atomic E-state index is 12.2. The van der Waals surface area contributed by atoms with Gasteiger partial charge in [-0.2, -0.15) is 0 Å². The highest BCUT2D eigenvalue weighted by Crippen LogP contribution is 2.16. The van der Waals surface area contributed by atoms with E-state index in [0.29, 0.717) is 6.54 Å². The van der Waals surface area contributed by atoms with Crippen LogP contribution in [0.2, 0.25) is 0 Å². The second kappa shape index (κ2) is 7.25. The number of H-pyrrole nitrogens is 1. The fourth-order valence-corrected chi connectivity index (χ4v) is 3.73. The molecule has 0 bridgehead atoms. The van der Waals surface area contributed by atoms with Crippen molar-refractivity contribution in [1.29, 1.82) is 0 Å². The van der Waals surface area contributed by atoms with E-state index in [4.69, 9.17) is 0 Å². The second-order valence-electron chi connectivity index (χ2n) is 6.25. The van der Waals surface area contributed by atoms with Crippen LogP contribution >= 0.6 is 11.3 Å². The number of hydrogen-bond donors (Lipinski definition) is 2. The Bertz CT molecular complexity index is 836. The summed E-state index contributed by atoms with van der Waals surface area (Å²) in [5.74, 6) is 0. The first-order chi connectivity index (χ1) is 12.3. The largest absolute Gasteiger partial charge is 0.361 e. The van der Waals surface area contributed by atoms with Crippen LogP contribution in [0.4, 0.5) is 4.79 Å². The molecule has 1 aromatic carbocycles. The SMILES string of the molecule is O=C(NCc1nccs1)N1CCN(Cc2ccc3[nH]ccc3c2)CC1. The van der Waals surface area contributed by atoms with Gasteiger partial charge in [0.05, 0.1) is 6.54 Å². The summed E-state index contributed by atoms with van der Waals surface area (Å²) in [5, 5.41) is 7.06. The monoisotopic (exact) mass is 355 g/mol. The highest BCUT2D eigenvalue weighted by Gasteiger charge is 2.21. The molecule has 2 N–H and O–H groups in total. The number of benzene rings is 1. The molecule has 0 unspecified atom stereocenters. The van der Waals surface area contributed by atoms with Gasteiger partial charge in [-0.25, -0.2) is 9.78 Å². The molecule has 130 valence electrons. The van der Waals surface area contributed by atoms with Gasteiger partial charge in [0.1, 0.15) is 5.01 Å². The van der Waals surface area contributed by atoms with Gasteiger partial charge in [-0.15, -0.1) is 11.3 Å². The van der Waals surface area contributed by atoms with E-state index in [2.05, 4.69) is 44.5 Å². The highest BCUT2D eigenvalue weighted by molar-refractivity contribution is 7.09. The van der Waals surface area contributed by atoms with Crippen LogP contribution in [0.15, 0.2) is 42.0 Å². The van der Waals surface area contributed by atoms with Crippen molar-refractivity contribution < 1.29 is 4.79 Å². The predicted octanol–water partition coefficient (Wildman–Crippen LogP) is 2.65. The van der Waals surface area contributed by atoms with Gasteiger partial charge in [-0.1, -0.05) is 6.07 Å². The summed E-state index contributed by atoms with van der Waals surface area (Å²) in [6.07, 6.45) is 3.73. The Balaban J connectivity index is 1.26. The number of nitrogens with zero attached hydrogens (tertiary/aromatic N) is 3. The van der Waals surface area contributed by atoms with Crippen LogP contribution in [0.25, 0.3) is 10.9 Å². The summed E-state index contributed by atoms with van der Waals surface area (Å²) < 4.78 is 0. The molecule has 0 aliphatic carbocycles. The highest BCUT2D eigenvalue weighted by atomic mass is 32.1. The molecule has 1 aliphatic heterocycles. The molecule has 0 spiro atoms. The lowest BCUT2D eigenvalue weighted by Crippen LogP contribution is -2.51. The zero-order valence-electron chi connectivity index (χ0n) is 13.9. The normalized spacial score (nSPS) is 15.6. The summed E-state index contributed by atoms with van der Waals surface area (Å²) in [5.41, 5.74) is 2.49. The molecule has 25 heavy (non-hydrogen) atoms. The van der Waals surface area contributed by atoms with E-state index < -0.39 is 0 Å². The Labute approximate surface area is 150 Å². The molecule has 7 heteroatoms. The van der Waals surface area contributed by atoms with Gasteiger partial charge < -0.3 is 15.2 Å². The molecular weight excluding hydrogens is 334 g/mol. The molecule has 1 aliphatic rings. The molecule has 3 heterocycles. The van der Waals surface area contributed by atoms with Gasteiger partial charge in [0.2, 0.25) is 0 Å². The van der Waals surface area contributed by atoms with Crippen molar-refractivity contribution in [3.05, 3.63) is 52.6 Å². The standard InChI is InChI=1S/C18H21N5OS/c24-18(21-12-17-20-5-10-25-17)23-8-6-22(7-9-23)13-14-1-2-16-15(11-14)3-4-19-16/h1-5,10-11,19H,6-9,12-13H2,(H,21,24). The van der Waals surface area contributed by atoms with E-state index in [1.165, 1.54) is 16.5 Å². The number of urea groups is 1. The number of hydrogen-bond acceptors (Lipinski definition) is 4. The Morgan fingerprint density at radius 3 is 2.92 bits per heavy atom. The number of rotatable bonds is 4. The van der Waals surface area contributed by atoms with E-state index in [0.717, 1.165) is 37.7 Å². The molecule has 2 amide bonds.